The zero-order chi connectivity index (χ0) is 18.9. The van der Waals surface area contributed by atoms with Gasteiger partial charge in [-0.2, -0.15) is 0 Å². The number of likely N-dealkylation sites (N-methyl/N-ethyl adjacent to an activating group) is 1. The van der Waals surface area contributed by atoms with Crippen molar-refractivity contribution in [3.8, 4) is 0 Å². The Bertz CT molecular complexity index is 733. The Morgan fingerprint density at radius 1 is 1.31 bits per heavy atom. The van der Waals surface area contributed by atoms with Crippen molar-refractivity contribution in [2.45, 2.75) is 51.6 Å². The predicted molar refractivity (Wildman–Crippen MR) is 98.3 cm³/mol. The quantitative estimate of drug-likeness (QED) is 0.842. The second-order valence-electron chi connectivity index (χ2n) is 7.62. The third kappa shape index (κ3) is 3.20. The van der Waals surface area contributed by atoms with Crippen molar-refractivity contribution in [2.24, 2.45) is 5.92 Å². The van der Waals surface area contributed by atoms with Crippen LogP contribution in [0.25, 0.3) is 0 Å². The molecule has 1 spiro atoms. The molecule has 140 valence electrons. The van der Waals surface area contributed by atoms with Gasteiger partial charge in [0.15, 0.2) is 0 Å². The molecule has 2 fully saturated rings. The molecule has 4 amide bonds. The lowest BCUT2D eigenvalue weighted by Gasteiger charge is -2.36. The van der Waals surface area contributed by atoms with Crippen LogP contribution in [-0.2, 0) is 16.1 Å². The first kappa shape index (κ1) is 18.4. The number of urea groups is 1. The van der Waals surface area contributed by atoms with Crippen LogP contribution in [0.5, 0.6) is 0 Å². The van der Waals surface area contributed by atoms with Crippen LogP contribution in [0.2, 0.25) is 0 Å². The Balaban J connectivity index is 1.68. The minimum absolute atomic E-state index is 0.0949. The fourth-order valence-corrected chi connectivity index (χ4v) is 4.03. The lowest BCUT2D eigenvalue weighted by atomic mass is 9.73. The predicted octanol–water partition coefficient (Wildman–Crippen LogP) is 2.45. The number of nitrogens with one attached hydrogen (secondary N) is 1. The molecule has 1 N–H and O–H groups in total. The lowest BCUT2D eigenvalue weighted by Crippen LogP contribution is -2.54. The summed E-state index contributed by atoms with van der Waals surface area (Å²) in [6, 6.07) is 7.43. The van der Waals surface area contributed by atoms with Crippen molar-refractivity contribution in [3.05, 3.63) is 35.4 Å². The summed E-state index contributed by atoms with van der Waals surface area (Å²) in [7, 11) is 1.70. The van der Waals surface area contributed by atoms with E-state index in [0.29, 0.717) is 13.0 Å². The summed E-state index contributed by atoms with van der Waals surface area (Å²) in [5, 5.41) is 2.89. The van der Waals surface area contributed by atoms with Gasteiger partial charge in [0.25, 0.3) is 5.91 Å². The first-order valence-corrected chi connectivity index (χ1v) is 9.28. The molecule has 0 aromatic heterocycles. The summed E-state index contributed by atoms with van der Waals surface area (Å²) < 4.78 is 0. The topological polar surface area (TPSA) is 69.7 Å². The van der Waals surface area contributed by atoms with E-state index in [-0.39, 0.29) is 24.3 Å². The molecule has 1 aliphatic carbocycles. The SMILES string of the molecule is Cc1ccccc1CN(C)C(=O)CN1C(=O)N[C@@]2(CCCC[C@@H]2C)C1=O. The number of rotatable bonds is 4. The van der Waals surface area contributed by atoms with Crippen molar-refractivity contribution in [1.29, 1.82) is 0 Å². The van der Waals surface area contributed by atoms with Gasteiger partial charge < -0.3 is 10.2 Å². The van der Waals surface area contributed by atoms with Crippen LogP contribution in [0, 0.1) is 12.8 Å². The van der Waals surface area contributed by atoms with Crippen LogP contribution in [0.4, 0.5) is 4.79 Å². The van der Waals surface area contributed by atoms with Gasteiger partial charge in [-0.05, 0) is 36.8 Å². The third-order valence-electron chi connectivity index (χ3n) is 5.89. The Kier molecular flexibility index (Phi) is 5.03. The van der Waals surface area contributed by atoms with Crippen LogP contribution < -0.4 is 5.32 Å². The molecule has 1 aromatic rings. The number of carbonyl (C=O) groups is 3. The van der Waals surface area contributed by atoms with Gasteiger partial charge in [-0.15, -0.1) is 0 Å². The number of amides is 4. The Morgan fingerprint density at radius 2 is 2.04 bits per heavy atom. The van der Waals surface area contributed by atoms with Crippen molar-refractivity contribution >= 4 is 17.8 Å². The molecule has 6 heteroatoms. The number of benzene rings is 1. The molecule has 0 unspecified atom stereocenters. The fraction of sp³-hybridized carbons (Fsp3) is 0.550. The summed E-state index contributed by atoms with van der Waals surface area (Å²) in [5.74, 6) is -0.387. The molecule has 1 saturated heterocycles. The van der Waals surface area contributed by atoms with E-state index in [0.717, 1.165) is 35.3 Å². The number of aryl methyl sites for hydroxylation is 1. The highest BCUT2D eigenvalue weighted by Gasteiger charge is 2.55. The fourth-order valence-electron chi connectivity index (χ4n) is 4.03. The van der Waals surface area contributed by atoms with E-state index in [9.17, 15) is 14.4 Å². The maximum absolute atomic E-state index is 12.9. The Labute approximate surface area is 154 Å². The standard InChI is InChI=1S/C20H27N3O3/c1-14-8-4-5-10-16(14)12-22(3)17(24)13-23-18(25)20(21-19(23)26)11-7-6-9-15(20)2/h4-5,8,10,15H,6-7,9,11-13H2,1-3H3,(H,21,26)/t15-,20+/m0/s1. The minimum Gasteiger partial charge on any atom is -0.340 e. The van der Waals surface area contributed by atoms with E-state index in [1.54, 1.807) is 11.9 Å². The molecule has 2 aliphatic rings. The summed E-state index contributed by atoms with van der Waals surface area (Å²) in [4.78, 5) is 40.6. The summed E-state index contributed by atoms with van der Waals surface area (Å²) in [6.45, 7) is 4.25. The van der Waals surface area contributed by atoms with Gasteiger partial charge in [-0.25, -0.2) is 4.79 Å². The molecule has 1 aliphatic heterocycles. The van der Waals surface area contributed by atoms with Crippen LogP contribution >= 0.6 is 0 Å². The monoisotopic (exact) mass is 357 g/mol. The van der Waals surface area contributed by atoms with E-state index in [1.807, 2.05) is 38.1 Å². The molecule has 26 heavy (non-hydrogen) atoms. The zero-order valence-corrected chi connectivity index (χ0v) is 15.7. The minimum atomic E-state index is -0.815. The molecule has 1 heterocycles. The third-order valence-corrected chi connectivity index (χ3v) is 5.89. The number of imide groups is 1. The summed E-state index contributed by atoms with van der Waals surface area (Å²) >= 11 is 0. The van der Waals surface area contributed by atoms with Crippen molar-refractivity contribution in [3.63, 3.8) is 0 Å². The molecule has 6 nitrogen and oxygen atoms in total. The highest BCUT2D eigenvalue weighted by molar-refractivity contribution is 6.09. The summed E-state index contributed by atoms with van der Waals surface area (Å²) in [5.41, 5.74) is 1.35. The highest BCUT2D eigenvalue weighted by atomic mass is 16.2. The van der Waals surface area contributed by atoms with Crippen LogP contribution in [0.15, 0.2) is 24.3 Å². The van der Waals surface area contributed by atoms with Crippen LogP contribution in [0.1, 0.15) is 43.7 Å². The van der Waals surface area contributed by atoms with E-state index >= 15 is 0 Å². The van der Waals surface area contributed by atoms with E-state index in [1.165, 1.54) is 0 Å². The second kappa shape index (κ2) is 7.09. The normalized spacial score (nSPS) is 25.5. The molecule has 1 saturated carbocycles. The molecule has 0 radical (unpaired) electrons. The number of carbonyl (C=O) groups excluding carboxylic acids is 3. The summed E-state index contributed by atoms with van der Waals surface area (Å²) in [6.07, 6.45) is 3.57. The van der Waals surface area contributed by atoms with Gasteiger partial charge in [0.2, 0.25) is 5.91 Å². The van der Waals surface area contributed by atoms with Gasteiger partial charge in [-0.3, -0.25) is 14.5 Å². The lowest BCUT2D eigenvalue weighted by molar-refractivity contribution is -0.140. The van der Waals surface area contributed by atoms with E-state index in [4.69, 9.17) is 0 Å². The zero-order valence-electron chi connectivity index (χ0n) is 15.7. The Morgan fingerprint density at radius 3 is 2.73 bits per heavy atom. The smallest absolute Gasteiger partial charge is 0.325 e. The maximum atomic E-state index is 12.9. The number of hydrogen-bond donors (Lipinski definition) is 1. The first-order chi connectivity index (χ1) is 12.3. The molecule has 2 atom stereocenters. The Hall–Kier alpha value is -2.37. The highest BCUT2D eigenvalue weighted by Crippen LogP contribution is 2.38. The average molecular weight is 357 g/mol. The largest absolute Gasteiger partial charge is 0.340 e. The van der Waals surface area contributed by atoms with Gasteiger partial charge in [0, 0.05) is 13.6 Å². The number of hydrogen-bond acceptors (Lipinski definition) is 3. The van der Waals surface area contributed by atoms with E-state index < -0.39 is 11.6 Å². The van der Waals surface area contributed by atoms with Gasteiger partial charge >= 0.3 is 6.03 Å². The van der Waals surface area contributed by atoms with Crippen molar-refractivity contribution in [2.75, 3.05) is 13.6 Å². The first-order valence-electron chi connectivity index (χ1n) is 9.28. The molecular weight excluding hydrogens is 330 g/mol. The van der Waals surface area contributed by atoms with Gasteiger partial charge in [0.05, 0.1) is 0 Å². The second-order valence-corrected chi connectivity index (χ2v) is 7.62. The van der Waals surface area contributed by atoms with E-state index in [2.05, 4.69) is 5.32 Å². The van der Waals surface area contributed by atoms with Crippen molar-refractivity contribution < 1.29 is 14.4 Å². The molecule has 0 bridgehead atoms. The van der Waals surface area contributed by atoms with Crippen LogP contribution in [-0.4, -0.2) is 46.8 Å². The average Bonchev–Trinajstić information content (AvgIpc) is 2.84. The molecule has 3 rings (SSSR count). The molecular formula is C20H27N3O3. The van der Waals surface area contributed by atoms with Gasteiger partial charge in [-0.1, -0.05) is 44.0 Å². The molecule has 1 aromatic carbocycles. The van der Waals surface area contributed by atoms with Crippen molar-refractivity contribution in [1.82, 2.24) is 15.1 Å². The number of nitrogens with zero attached hydrogens (tertiary/aromatic N) is 2. The maximum Gasteiger partial charge on any atom is 0.325 e. The van der Waals surface area contributed by atoms with Crippen LogP contribution in [0.3, 0.4) is 0 Å². The van der Waals surface area contributed by atoms with Gasteiger partial charge in [0.1, 0.15) is 12.1 Å².